The quantitative estimate of drug-likeness (QED) is 0.850. The van der Waals surface area contributed by atoms with E-state index in [1.165, 1.54) is 19.0 Å². The number of amides is 2. The molecule has 0 radical (unpaired) electrons. The number of likely N-dealkylation sites (tertiary alicyclic amines) is 2. The first-order chi connectivity index (χ1) is 10.6. The Balaban J connectivity index is 1.54. The molecule has 0 aromatic carbocycles. The van der Waals surface area contributed by atoms with Gasteiger partial charge in [0.15, 0.2) is 0 Å². The molecule has 0 bridgehead atoms. The van der Waals surface area contributed by atoms with E-state index < -0.39 is 0 Å². The van der Waals surface area contributed by atoms with Gasteiger partial charge in [-0.1, -0.05) is 5.16 Å². The van der Waals surface area contributed by atoms with Gasteiger partial charge in [-0.2, -0.15) is 0 Å². The normalized spacial score (nSPS) is 28.1. The summed E-state index contributed by atoms with van der Waals surface area (Å²) < 4.78 is 5.02. The van der Waals surface area contributed by atoms with Crippen molar-refractivity contribution >= 4 is 11.8 Å². The number of fused-ring (bicyclic) bond motifs is 1. The van der Waals surface area contributed by atoms with Crippen LogP contribution in [0.2, 0.25) is 0 Å². The summed E-state index contributed by atoms with van der Waals surface area (Å²) in [6.07, 6.45) is 6.20. The van der Waals surface area contributed by atoms with Crippen LogP contribution in [0.25, 0.3) is 0 Å². The van der Waals surface area contributed by atoms with Gasteiger partial charge >= 0.3 is 0 Å². The zero-order chi connectivity index (χ0) is 15.3. The molecule has 1 aromatic heterocycles. The Morgan fingerprint density at radius 1 is 1.32 bits per heavy atom. The average molecular weight is 303 g/mol. The smallest absolute Gasteiger partial charge is 0.259 e. The van der Waals surface area contributed by atoms with E-state index in [0.717, 1.165) is 19.4 Å². The zero-order valence-corrected chi connectivity index (χ0v) is 12.8. The SMILES string of the molecule is Cc1oncc1C(=O)N1CC[C@@H]2[C@H]1CCC(=O)N2CC1CC1. The van der Waals surface area contributed by atoms with Gasteiger partial charge in [0, 0.05) is 19.5 Å². The Bertz CT molecular complexity index is 608. The van der Waals surface area contributed by atoms with Gasteiger partial charge in [0.25, 0.3) is 5.91 Å². The second kappa shape index (κ2) is 5.11. The third kappa shape index (κ3) is 2.21. The van der Waals surface area contributed by atoms with Crippen molar-refractivity contribution in [2.24, 2.45) is 5.92 Å². The van der Waals surface area contributed by atoms with Crippen molar-refractivity contribution in [3.05, 3.63) is 17.5 Å². The number of hydrogen-bond acceptors (Lipinski definition) is 4. The van der Waals surface area contributed by atoms with Crippen molar-refractivity contribution in [2.75, 3.05) is 13.1 Å². The number of nitrogens with zero attached hydrogens (tertiary/aromatic N) is 3. The number of hydrogen-bond donors (Lipinski definition) is 0. The number of aryl methyl sites for hydroxylation is 1. The Hall–Kier alpha value is -1.85. The summed E-state index contributed by atoms with van der Waals surface area (Å²) in [7, 11) is 0. The minimum absolute atomic E-state index is 0.00743. The molecule has 1 saturated carbocycles. The molecule has 4 rings (SSSR count). The first-order valence-corrected chi connectivity index (χ1v) is 8.17. The molecule has 2 atom stereocenters. The largest absolute Gasteiger partial charge is 0.361 e. The summed E-state index contributed by atoms with van der Waals surface area (Å²) in [6.45, 7) is 3.36. The molecule has 2 amide bonds. The maximum Gasteiger partial charge on any atom is 0.259 e. The predicted octanol–water partition coefficient (Wildman–Crippen LogP) is 1.60. The van der Waals surface area contributed by atoms with E-state index in [4.69, 9.17) is 4.52 Å². The molecule has 118 valence electrons. The first kappa shape index (κ1) is 13.8. The minimum Gasteiger partial charge on any atom is -0.361 e. The van der Waals surface area contributed by atoms with Crippen LogP contribution in [-0.4, -0.2) is 51.9 Å². The molecule has 6 nitrogen and oxygen atoms in total. The molecule has 3 heterocycles. The lowest BCUT2D eigenvalue weighted by molar-refractivity contribution is -0.137. The summed E-state index contributed by atoms with van der Waals surface area (Å²) in [5.74, 6) is 1.51. The number of rotatable bonds is 3. The van der Waals surface area contributed by atoms with E-state index in [0.29, 0.717) is 30.2 Å². The summed E-state index contributed by atoms with van der Waals surface area (Å²) in [4.78, 5) is 29.0. The van der Waals surface area contributed by atoms with Crippen LogP contribution in [0.3, 0.4) is 0 Å². The lowest BCUT2D eigenvalue weighted by atomic mass is 9.95. The van der Waals surface area contributed by atoms with Crippen molar-refractivity contribution in [3.63, 3.8) is 0 Å². The fourth-order valence-electron chi connectivity index (χ4n) is 3.88. The number of carbonyl (C=O) groups is 2. The highest BCUT2D eigenvalue weighted by atomic mass is 16.5. The Morgan fingerprint density at radius 2 is 2.14 bits per heavy atom. The summed E-state index contributed by atoms with van der Waals surface area (Å²) in [5.41, 5.74) is 0.547. The van der Waals surface area contributed by atoms with E-state index in [2.05, 4.69) is 10.1 Å². The van der Waals surface area contributed by atoms with Gasteiger partial charge in [0.1, 0.15) is 11.3 Å². The van der Waals surface area contributed by atoms with Gasteiger partial charge in [0.05, 0.1) is 18.3 Å². The van der Waals surface area contributed by atoms with Crippen LogP contribution in [0.5, 0.6) is 0 Å². The summed E-state index contributed by atoms with van der Waals surface area (Å²) >= 11 is 0. The van der Waals surface area contributed by atoms with E-state index in [-0.39, 0.29) is 23.9 Å². The topological polar surface area (TPSA) is 66.7 Å². The van der Waals surface area contributed by atoms with Crippen molar-refractivity contribution in [2.45, 2.75) is 51.1 Å². The molecule has 6 heteroatoms. The molecule has 2 saturated heterocycles. The molecule has 3 fully saturated rings. The highest BCUT2D eigenvalue weighted by Crippen LogP contribution is 2.37. The standard InChI is InChI=1S/C16H21N3O3/c1-10-12(8-17-22-10)16(21)18-7-6-14-13(18)4-5-15(20)19(14)9-11-2-3-11/h8,11,13-14H,2-7,9H2,1H3/t13-,14-/m1/s1. The number of piperidine rings is 1. The van der Waals surface area contributed by atoms with Crippen LogP contribution in [-0.2, 0) is 4.79 Å². The number of carbonyl (C=O) groups excluding carboxylic acids is 2. The fraction of sp³-hybridized carbons (Fsp3) is 0.688. The lowest BCUT2D eigenvalue weighted by Crippen LogP contribution is -2.53. The maximum absolute atomic E-state index is 12.7. The van der Waals surface area contributed by atoms with Gasteiger partial charge in [-0.25, -0.2) is 0 Å². The molecule has 0 N–H and O–H groups in total. The highest BCUT2D eigenvalue weighted by Gasteiger charge is 2.46. The van der Waals surface area contributed by atoms with E-state index in [9.17, 15) is 9.59 Å². The molecule has 2 aliphatic heterocycles. The summed E-state index contributed by atoms with van der Waals surface area (Å²) in [6, 6.07) is 0.351. The predicted molar refractivity (Wildman–Crippen MR) is 78.1 cm³/mol. The molecule has 0 unspecified atom stereocenters. The van der Waals surface area contributed by atoms with Crippen molar-refractivity contribution < 1.29 is 14.1 Å². The average Bonchev–Trinajstić information content (AvgIpc) is 3.05. The third-order valence-corrected chi connectivity index (χ3v) is 5.28. The third-order valence-electron chi connectivity index (χ3n) is 5.28. The van der Waals surface area contributed by atoms with Crippen molar-refractivity contribution in [1.29, 1.82) is 0 Å². The van der Waals surface area contributed by atoms with E-state index in [1.54, 1.807) is 6.92 Å². The van der Waals surface area contributed by atoms with Crippen LogP contribution in [0.15, 0.2) is 10.7 Å². The Kier molecular flexibility index (Phi) is 3.20. The monoisotopic (exact) mass is 303 g/mol. The first-order valence-electron chi connectivity index (χ1n) is 8.17. The molecule has 3 aliphatic rings. The van der Waals surface area contributed by atoms with Gasteiger partial charge in [-0.05, 0) is 38.5 Å². The van der Waals surface area contributed by atoms with Gasteiger partial charge in [0.2, 0.25) is 5.91 Å². The molecule has 1 aliphatic carbocycles. The molecule has 0 spiro atoms. The second-order valence-electron chi connectivity index (χ2n) is 6.75. The van der Waals surface area contributed by atoms with Crippen molar-refractivity contribution in [3.8, 4) is 0 Å². The number of aromatic nitrogens is 1. The van der Waals surface area contributed by atoms with E-state index in [1.807, 2.05) is 4.90 Å². The minimum atomic E-state index is -0.00743. The van der Waals surface area contributed by atoms with Crippen LogP contribution in [0.4, 0.5) is 0 Å². The van der Waals surface area contributed by atoms with Gasteiger partial charge < -0.3 is 14.3 Å². The Labute approximate surface area is 129 Å². The fourth-order valence-corrected chi connectivity index (χ4v) is 3.88. The van der Waals surface area contributed by atoms with Crippen molar-refractivity contribution in [1.82, 2.24) is 15.0 Å². The van der Waals surface area contributed by atoms with Crippen LogP contribution < -0.4 is 0 Å². The van der Waals surface area contributed by atoms with Gasteiger partial charge in [-0.3, -0.25) is 9.59 Å². The highest BCUT2D eigenvalue weighted by molar-refractivity contribution is 5.95. The van der Waals surface area contributed by atoms with Crippen LogP contribution >= 0.6 is 0 Å². The summed E-state index contributed by atoms with van der Waals surface area (Å²) in [5, 5.41) is 3.71. The molecular formula is C16H21N3O3. The zero-order valence-electron chi connectivity index (χ0n) is 12.8. The van der Waals surface area contributed by atoms with Crippen LogP contribution in [0.1, 0.15) is 48.2 Å². The molecule has 22 heavy (non-hydrogen) atoms. The second-order valence-corrected chi connectivity index (χ2v) is 6.75. The molecule has 1 aromatic rings. The van der Waals surface area contributed by atoms with Gasteiger partial charge in [-0.15, -0.1) is 0 Å². The Morgan fingerprint density at radius 3 is 2.82 bits per heavy atom. The molecular weight excluding hydrogens is 282 g/mol. The maximum atomic E-state index is 12.7. The van der Waals surface area contributed by atoms with E-state index >= 15 is 0 Å². The lowest BCUT2D eigenvalue weighted by Gasteiger charge is -2.39. The van der Waals surface area contributed by atoms with Crippen LogP contribution in [0, 0.1) is 12.8 Å².